The quantitative estimate of drug-likeness (QED) is 0.797. The fraction of sp³-hybridized carbons (Fsp3) is 0.688. The largest absolute Gasteiger partial charge is 0.356 e. The number of piperidine rings is 1. The van der Waals surface area contributed by atoms with Crippen molar-refractivity contribution in [3.63, 3.8) is 0 Å². The van der Waals surface area contributed by atoms with Crippen LogP contribution in [0.3, 0.4) is 0 Å². The summed E-state index contributed by atoms with van der Waals surface area (Å²) in [5.41, 5.74) is 1.34. The first-order chi connectivity index (χ1) is 9.35. The van der Waals surface area contributed by atoms with Crippen LogP contribution in [-0.2, 0) is 6.54 Å². The van der Waals surface area contributed by atoms with Gasteiger partial charge in [0.2, 0.25) is 0 Å². The molecule has 0 bridgehead atoms. The minimum Gasteiger partial charge on any atom is -0.356 e. The lowest BCUT2D eigenvalue weighted by Gasteiger charge is -2.34. The van der Waals surface area contributed by atoms with Crippen molar-refractivity contribution in [1.29, 1.82) is 0 Å². The molecule has 2 heterocycles. The topological polar surface area (TPSA) is 28.2 Å². The molecule has 1 N–H and O–H groups in total. The maximum absolute atomic E-state index is 4.64. The predicted octanol–water partition coefficient (Wildman–Crippen LogP) is 3.21. The van der Waals surface area contributed by atoms with E-state index in [0.29, 0.717) is 0 Å². The van der Waals surface area contributed by atoms with Crippen LogP contribution in [0.15, 0.2) is 18.3 Å². The predicted molar refractivity (Wildman–Crippen MR) is 81.5 cm³/mol. The van der Waals surface area contributed by atoms with Gasteiger partial charge in [0.25, 0.3) is 0 Å². The fourth-order valence-electron chi connectivity index (χ4n) is 2.84. The molecule has 1 aliphatic heterocycles. The molecule has 19 heavy (non-hydrogen) atoms. The summed E-state index contributed by atoms with van der Waals surface area (Å²) in [5.74, 6) is 2.04. The van der Waals surface area contributed by atoms with Crippen LogP contribution in [0, 0.1) is 5.92 Å². The average Bonchev–Trinajstić information content (AvgIpc) is 2.48. The van der Waals surface area contributed by atoms with Gasteiger partial charge in [-0.05, 0) is 37.8 Å². The second kappa shape index (κ2) is 7.49. The van der Waals surface area contributed by atoms with Gasteiger partial charge >= 0.3 is 0 Å². The van der Waals surface area contributed by atoms with E-state index in [1.54, 1.807) is 0 Å². The first-order valence-corrected chi connectivity index (χ1v) is 7.74. The van der Waals surface area contributed by atoms with Crippen molar-refractivity contribution in [2.24, 2.45) is 5.92 Å². The maximum atomic E-state index is 4.64. The Balaban J connectivity index is 2.05. The molecule has 0 radical (unpaired) electrons. The van der Waals surface area contributed by atoms with E-state index in [4.69, 9.17) is 0 Å². The van der Waals surface area contributed by atoms with Crippen LogP contribution in [0.1, 0.15) is 45.1 Å². The standard InChI is InChI=1S/C16H27N3/c1-3-9-17-12-15-8-5-10-18-16(15)19-11-6-7-14(4-2)13-19/h5,8,10,14,17H,3-4,6-7,9,11-13H2,1-2H3. The number of aromatic nitrogens is 1. The van der Waals surface area contributed by atoms with Crippen LogP contribution in [0.2, 0.25) is 0 Å². The Morgan fingerprint density at radius 2 is 2.32 bits per heavy atom. The Morgan fingerprint density at radius 3 is 3.11 bits per heavy atom. The Morgan fingerprint density at radius 1 is 1.42 bits per heavy atom. The van der Waals surface area contributed by atoms with Crippen molar-refractivity contribution < 1.29 is 0 Å². The molecule has 1 saturated heterocycles. The Kier molecular flexibility index (Phi) is 5.64. The number of hydrogen-bond acceptors (Lipinski definition) is 3. The fourth-order valence-corrected chi connectivity index (χ4v) is 2.84. The summed E-state index contributed by atoms with van der Waals surface area (Å²) in [5, 5.41) is 3.49. The summed E-state index contributed by atoms with van der Waals surface area (Å²) in [6.07, 6.45) is 7.07. The molecule has 3 heteroatoms. The molecule has 0 amide bonds. The summed E-state index contributed by atoms with van der Waals surface area (Å²) in [4.78, 5) is 7.12. The molecule has 1 fully saturated rings. The zero-order valence-electron chi connectivity index (χ0n) is 12.4. The van der Waals surface area contributed by atoms with Gasteiger partial charge in [0.1, 0.15) is 5.82 Å². The average molecular weight is 261 g/mol. The van der Waals surface area contributed by atoms with Crippen molar-refractivity contribution in [3.8, 4) is 0 Å². The molecule has 0 saturated carbocycles. The second-order valence-electron chi connectivity index (χ2n) is 5.53. The highest BCUT2D eigenvalue weighted by Crippen LogP contribution is 2.25. The molecule has 0 aromatic carbocycles. The van der Waals surface area contributed by atoms with E-state index in [2.05, 4.69) is 35.1 Å². The SMILES string of the molecule is CCCNCc1cccnc1N1CCCC(CC)C1. The highest BCUT2D eigenvalue weighted by molar-refractivity contribution is 5.47. The maximum Gasteiger partial charge on any atom is 0.133 e. The van der Waals surface area contributed by atoms with Crippen LogP contribution in [-0.4, -0.2) is 24.6 Å². The van der Waals surface area contributed by atoms with E-state index in [-0.39, 0.29) is 0 Å². The van der Waals surface area contributed by atoms with E-state index >= 15 is 0 Å². The van der Waals surface area contributed by atoms with E-state index in [9.17, 15) is 0 Å². The van der Waals surface area contributed by atoms with E-state index in [1.807, 2.05) is 12.3 Å². The first-order valence-electron chi connectivity index (χ1n) is 7.74. The van der Waals surface area contributed by atoms with Crippen molar-refractivity contribution in [3.05, 3.63) is 23.9 Å². The molecule has 0 aliphatic carbocycles. The Labute approximate surface area is 117 Å². The smallest absolute Gasteiger partial charge is 0.133 e. The number of nitrogens with one attached hydrogen (secondary N) is 1. The van der Waals surface area contributed by atoms with Gasteiger partial charge in [-0.1, -0.05) is 26.3 Å². The Bertz CT molecular complexity index is 378. The Hall–Kier alpha value is -1.09. The molecule has 1 unspecified atom stereocenters. The number of pyridine rings is 1. The molecule has 1 aliphatic rings. The first kappa shape index (κ1) is 14.3. The van der Waals surface area contributed by atoms with Crippen LogP contribution in [0.4, 0.5) is 5.82 Å². The third-order valence-electron chi connectivity index (χ3n) is 4.01. The van der Waals surface area contributed by atoms with Crippen LogP contribution >= 0.6 is 0 Å². The molecular weight excluding hydrogens is 234 g/mol. The van der Waals surface area contributed by atoms with Crippen LogP contribution in [0.25, 0.3) is 0 Å². The minimum absolute atomic E-state index is 0.840. The second-order valence-corrected chi connectivity index (χ2v) is 5.53. The van der Waals surface area contributed by atoms with Gasteiger partial charge in [-0.25, -0.2) is 4.98 Å². The summed E-state index contributed by atoms with van der Waals surface area (Å²) in [6, 6.07) is 4.26. The van der Waals surface area contributed by atoms with E-state index < -0.39 is 0 Å². The minimum atomic E-state index is 0.840. The lowest BCUT2D eigenvalue weighted by atomic mass is 9.95. The highest BCUT2D eigenvalue weighted by atomic mass is 15.2. The molecule has 3 nitrogen and oxygen atoms in total. The van der Waals surface area contributed by atoms with E-state index in [0.717, 1.165) is 25.6 Å². The van der Waals surface area contributed by atoms with Gasteiger partial charge in [-0.3, -0.25) is 0 Å². The van der Waals surface area contributed by atoms with Gasteiger partial charge in [0.05, 0.1) is 0 Å². The van der Waals surface area contributed by atoms with Gasteiger partial charge < -0.3 is 10.2 Å². The van der Waals surface area contributed by atoms with Crippen molar-refractivity contribution in [2.45, 2.75) is 46.1 Å². The van der Waals surface area contributed by atoms with Crippen molar-refractivity contribution in [2.75, 3.05) is 24.5 Å². The third-order valence-corrected chi connectivity index (χ3v) is 4.01. The number of rotatable bonds is 6. The van der Waals surface area contributed by atoms with Gasteiger partial charge in [-0.15, -0.1) is 0 Å². The lowest BCUT2D eigenvalue weighted by Crippen LogP contribution is -2.36. The molecule has 2 rings (SSSR count). The van der Waals surface area contributed by atoms with Crippen LogP contribution in [0.5, 0.6) is 0 Å². The zero-order valence-corrected chi connectivity index (χ0v) is 12.4. The summed E-state index contributed by atoms with van der Waals surface area (Å²) in [7, 11) is 0. The summed E-state index contributed by atoms with van der Waals surface area (Å²) in [6.45, 7) is 8.85. The lowest BCUT2D eigenvalue weighted by molar-refractivity contribution is 0.402. The van der Waals surface area contributed by atoms with Crippen LogP contribution < -0.4 is 10.2 Å². The zero-order chi connectivity index (χ0) is 13.5. The van der Waals surface area contributed by atoms with Gasteiger partial charge in [0, 0.05) is 31.4 Å². The number of anilines is 1. The number of nitrogens with zero attached hydrogens (tertiary/aromatic N) is 2. The van der Waals surface area contributed by atoms with Crippen molar-refractivity contribution in [1.82, 2.24) is 10.3 Å². The van der Waals surface area contributed by atoms with Gasteiger partial charge in [0.15, 0.2) is 0 Å². The molecule has 106 valence electrons. The monoisotopic (exact) mass is 261 g/mol. The molecular formula is C16H27N3. The van der Waals surface area contributed by atoms with Crippen molar-refractivity contribution >= 4 is 5.82 Å². The summed E-state index contributed by atoms with van der Waals surface area (Å²) >= 11 is 0. The summed E-state index contributed by atoms with van der Waals surface area (Å²) < 4.78 is 0. The molecule has 0 spiro atoms. The third kappa shape index (κ3) is 3.93. The molecule has 1 atom stereocenters. The highest BCUT2D eigenvalue weighted by Gasteiger charge is 2.21. The molecule has 1 aromatic heterocycles. The van der Waals surface area contributed by atoms with Gasteiger partial charge in [-0.2, -0.15) is 0 Å². The van der Waals surface area contributed by atoms with E-state index in [1.165, 1.54) is 43.6 Å². The molecule has 1 aromatic rings. The normalized spacial score (nSPS) is 19.7. The number of hydrogen-bond donors (Lipinski definition) is 1.